The quantitative estimate of drug-likeness (QED) is 0.575. The van der Waals surface area contributed by atoms with E-state index in [-0.39, 0.29) is 18.2 Å². The molecule has 1 heterocycles. The van der Waals surface area contributed by atoms with E-state index in [1.165, 1.54) is 13.2 Å². The first kappa shape index (κ1) is 20.1. The van der Waals surface area contributed by atoms with Crippen LogP contribution in [0.15, 0.2) is 47.4 Å². The van der Waals surface area contributed by atoms with Gasteiger partial charge >= 0.3 is 6.03 Å². The van der Waals surface area contributed by atoms with Gasteiger partial charge in [0.25, 0.3) is 11.7 Å². The average molecular weight is 406 g/mol. The maximum atomic E-state index is 13.0. The van der Waals surface area contributed by atoms with Crippen LogP contribution in [0.25, 0.3) is 0 Å². The summed E-state index contributed by atoms with van der Waals surface area (Å²) in [6.45, 7) is 3.62. The van der Waals surface area contributed by atoms with Gasteiger partial charge in [0.2, 0.25) is 0 Å². The van der Waals surface area contributed by atoms with Crippen molar-refractivity contribution in [2.75, 3.05) is 7.11 Å². The van der Waals surface area contributed by atoms with Crippen LogP contribution in [0.1, 0.15) is 23.6 Å². The minimum atomic E-state index is -2.57. The molecule has 1 saturated heterocycles. The summed E-state index contributed by atoms with van der Waals surface area (Å²) in [4.78, 5) is 26.9. The number of aryl methyl sites for hydroxylation is 1. The summed E-state index contributed by atoms with van der Waals surface area (Å²) in [5.41, 5.74) is 1.20. The van der Waals surface area contributed by atoms with Crippen molar-refractivity contribution >= 4 is 23.7 Å². The van der Waals surface area contributed by atoms with Gasteiger partial charge in [-0.15, -0.1) is 0 Å². The molecule has 3 amide bonds. The number of methoxy groups -OCH3 is 1. The fraction of sp³-hybridized carbons (Fsp3) is 0.300. The summed E-state index contributed by atoms with van der Waals surface area (Å²) in [5, 5.41) is 2.76. The summed E-state index contributed by atoms with van der Waals surface area (Å²) in [6.07, 6.45) is 0. The van der Waals surface area contributed by atoms with Crippen LogP contribution in [0, 0.1) is 6.92 Å². The number of ether oxygens (including phenoxy) is 1. The maximum Gasteiger partial charge on any atom is 0.325 e. The van der Waals surface area contributed by atoms with Crippen LogP contribution in [-0.4, -0.2) is 29.7 Å². The second-order valence-corrected chi connectivity index (χ2v) is 7.71. The lowest BCUT2D eigenvalue weighted by atomic mass is 9.91. The second-order valence-electron chi connectivity index (χ2n) is 6.68. The van der Waals surface area contributed by atoms with Crippen LogP contribution >= 0.6 is 11.8 Å². The zero-order chi connectivity index (χ0) is 20.5. The van der Waals surface area contributed by atoms with Crippen LogP contribution in [-0.2, 0) is 16.9 Å². The highest BCUT2D eigenvalue weighted by molar-refractivity contribution is 7.99. The number of rotatable bonds is 6. The lowest BCUT2D eigenvalue weighted by Gasteiger charge is -2.22. The minimum absolute atomic E-state index is 0.0160. The molecule has 28 heavy (non-hydrogen) atoms. The smallest absolute Gasteiger partial charge is 0.325 e. The third kappa shape index (κ3) is 3.82. The maximum absolute atomic E-state index is 13.0. The highest BCUT2D eigenvalue weighted by Gasteiger charge is 2.48. The number of halogens is 2. The van der Waals surface area contributed by atoms with Crippen molar-refractivity contribution in [1.29, 1.82) is 0 Å². The summed E-state index contributed by atoms with van der Waals surface area (Å²) < 4.78 is 30.4. The van der Waals surface area contributed by atoms with E-state index in [0.29, 0.717) is 27.8 Å². The molecule has 1 aliphatic heterocycles. The molecule has 5 nitrogen and oxygen atoms in total. The number of nitrogens with one attached hydrogen (secondary N) is 1. The summed E-state index contributed by atoms with van der Waals surface area (Å²) in [7, 11) is 1.39. The number of amides is 3. The average Bonchev–Trinajstić information content (AvgIpc) is 2.87. The largest absolute Gasteiger partial charge is 0.496 e. The van der Waals surface area contributed by atoms with E-state index >= 15 is 0 Å². The van der Waals surface area contributed by atoms with Crippen molar-refractivity contribution in [2.24, 2.45) is 0 Å². The molecule has 1 N–H and O–H groups in total. The molecule has 0 spiro atoms. The van der Waals surface area contributed by atoms with Gasteiger partial charge in [0.15, 0.2) is 0 Å². The Morgan fingerprint density at radius 2 is 1.86 bits per heavy atom. The van der Waals surface area contributed by atoms with E-state index in [4.69, 9.17) is 4.74 Å². The van der Waals surface area contributed by atoms with Crippen LogP contribution in [0.5, 0.6) is 5.75 Å². The van der Waals surface area contributed by atoms with Crippen molar-refractivity contribution in [1.82, 2.24) is 10.2 Å². The van der Waals surface area contributed by atoms with Crippen molar-refractivity contribution in [3.63, 3.8) is 0 Å². The van der Waals surface area contributed by atoms with Gasteiger partial charge in [-0.25, -0.2) is 4.79 Å². The van der Waals surface area contributed by atoms with E-state index in [9.17, 15) is 18.4 Å². The van der Waals surface area contributed by atoms with E-state index < -0.39 is 17.3 Å². The minimum Gasteiger partial charge on any atom is -0.496 e. The monoisotopic (exact) mass is 406 g/mol. The first-order chi connectivity index (χ1) is 13.2. The first-order valence-corrected chi connectivity index (χ1v) is 9.45. The fourth-order valence-corrected chi connectivity index (χ4v) is 3.71. The number of thioether (sulfide) groups is 1. The zero-order valence-corrected chi connectivity index (χ0v) is 16.5. The van der Waals surface area contributed by atoms with Crippen LogP contribution in [0.3, 0.4) is 0 Å². The topological polar surface area (TPSA) is 58.6 Å². The number of benzene rings is 2. The number of imide groups is 1. The van der Waals surface area contributed by atoms with Gasteiger partial charge in [0.1, 0.15) is 11.3 Å². The number of carbonyl (C=O) groups excluding carboxylic acids is 2. The molecule has 2 aromatic carbocycles. The Morgan fingerprint density at radius 3 is 2.46 bits per heavy atom. The Labute approximate surface area is 166 Å². The standard InChI is InChI=1S/C20H20F2N2O3S/c1-12-4-7-14(8-5-12)20(2)17(25)24(19(26)23-20)11-13-6-9-16(28-18(21)22)15(10-13)27-3/h4-10,18H,11H2,1-3H3,(H,23,26). The molecule has 1 atom stereocenters. The molecule has 0 aromatic heterocycles. The molecule has 0 bridgehead atoms. The Bertz CT molecular complexity index is 905. The third-order valence-electron chi connectivity index (χ3n) is 4.69. The molecule has 1 aliphatic rings. The van der Waals surface area contributed by atoms with Gasteiger partial charge in [-0.2, -0.15) is 8.78 Å². The molecule has 3 rings (SSSR count). The zero-order valence-electron chi connectivity index (χ0n) is 15.7. The summed E-state index contributed by atoms with van der Waals surface area (Å²) in [6, 6.07) is 11.6. The predicted octanol–water partition coefficient (Wildman–Crippen LogP) is 4.29. The molecule has 148 valence electrons. The predicted molar refractivity (Wildman–Crippen MR) is 102 cm³/mol. The lowest BCUT2D eigenvalue weighted by molar-refractivity contribution is -0.131. The molecule has 0 aliphatic carbocycles. The Balaban J connectivity index is 1.84. The third-order valence-corrected chi connectivity index (χ3v) is 5.46. The van der Waals surface area contributed by atoms with Crippen molar-refractivity contribution in [2.45, 2.75) is 36.6 Å². The number of hydrogen-bond donors (Lipinski definition) is 1. The Kier molecular flexibility index (Phi) is 5.60. The van der Waals surface area contributed by atoms with Crippen molar-refractivity contribution in [3.8, 4) is 5.75 Å². The van der Waals surface area contributed by atoms with E-state index in [2.05, 4.69) is 5.32 Å². The first-order valence-electron chi connectivity index (χ1n) is 8.57. The molecule has 2 aromatic rings. The number of nitrogens with zero attached hydrogens (tertiary/aromatic N) is 1. The van der Waals surface area contributed by atoms with Gasteiger partial charge in [-0.3, -0.25) is 9.69 Å². The second kappa shape index (κ2) is 7.79. The highest BCUT2D eigenvalue weighted by Crippen LogP contribution is 2.35. The number of hydrogen-bond acceptors (Lipinski definition) is 4. The lowest BCUT2D eigenvalue weighted by Crippen LogP contribution is -2.40. The normalized spacial score (nSPS) is 19.3. The van der Waals surface area contributed by atoms with Gasteiger partial charge < -0.3 is 10.1 Å². The fourth-order valence-electron chi connectivity index (χ4n) is 3.11. The molecular weight excluding hydrogens is 386 g/mol. The van der Waals surface area contributed by atoms with E-state index in [0.717, 1.165) is 10.5 Å². The summed E-state index contributed by atoms with van der Waals surface area (Å²) >= 11 is 0.382. The molecule has 1 unspecified atom stereocenters. The number of alkyl halides is 2. The van der Waals surface area contributed by atoms with Gasteiger partial charge in [-0.05, 0) is 37.1 Å². The Hall–Kier alpha value is -2.61. The van der Waals surface area contributed by atoms with E-state index in [1.807, 2.05) is 31.2 Å². The van der Waals surface area contributed by atoms with Crippen LogP contribution < -0.4 is 10.1 Å². The Morgan fingerprint density at radius 1 is 1.18 bits per heavy atom. The molecule has 8 heteroatoms. The summed E-state index contributed by atoms with van der Waals surface area (Å²) in [5.74, 6) is -2.66. The van der Waals surface area contributed by atoms with Crippen molar-refractivity contribution < 1.29 is 23.1 Å². The molecule has 0 radical (unpaired) electrons. The number of carbonyl (C=O) groups is 2. The van der Waals surface area contributed by atoms with Gasteiger partial charge in [0, 0.05) is 0 Å². The van der Waals surface area contributed by atoms with E-state index in [1.54, 1.807) is 19.1 Å². The molecular formula is C20H20F2N2O3S. The highest BCUT2D eigenvalue weighted by atomic mass is 32.2. The van der Waals surface area contributed by atoms with Crippen LogP contribution in [0.4, 0.5) is 13.6 Å². The number of urea groups is 1. The van der Waals surface area contributed by atoms with Crippen LogP contribution in [0.2, 0.25) is 0 Å². The van der Waals surface area contributed by atoms with Gasteiger partial charge in [-0.1, -0.05) is 47.7 Å². The molecule has 0 saturated carbocycles. The van der Waals surface area contributed by atoms with Gasteiger partial charge in [0.05, 0.1) is 18.6 Å². The molecule has 1 fully saturated rings. The SMILES string of the molecule is COc1cc(CN2C(=O)NC(C)(c3ccc(C)cc3)C2=O)ccc1SC(F)F. The van der Waals surface area contributed by atoms with Crippen molar-refractivity contribution in [3.05, 3.63) is 59.2 Å².